The Morgan fingerprint density at radius 1 is 0.800 bits per heavy atom. The Bertz CT molecular complexity index is 754. The van der Waals surface area contributed by atoms with Crippen LogP contribution in [0.4, 0.5) is 0 Å². The molecule has 0 aliphatic rings. The SMILES string of the molecule is Cc1cc(C)c([P-]C(=O)c2c(C)cc(C(C)(C)C)cc2C)c(C)c1.[Li+]. The van der Waals surface area contributed by atoms with Crippen molar-refractivity contribution >= 4 is 19.4 Å². The van der Waals surface area contributed by atoms with Crippen LogP contribution >= 0.6 is 8.58 Å². The quantitative estimate of drug-likeness (QED) is 0.617. The smallest absolute Gasteiger partial charge is 0.425 e. The number of rotatable bonds is 3. The van der Waals surface area contributed by atoms with Gasteiger partial charge in [-0.25, -0.2) is 0 Å². The third-order valence-electron chi connectivity index (χ3n) is 4.46. The van der Waals surface area contributed by atoms with Crippen molar-refractivity contribution in [3.8, 4) is 0 Å². The normalized spacial score (nSPS) is 11.7. The minimum atomic E-state index is 0. The van der Waals surface area contributed by atoms with Crippen LogP contribution < -0.4 is 24.2 Å². The summed E-state index contributed by atoms with van der Waals surface area (Å²) in [7, 11) is 0.774. The van der Waals surface area contributed by atoms with Gasteiger partial charge in [-0.1, -0.05) is 61.7 Å². The van der Waals surface area contributed by atoms with E-state index in [2.05, 4.69) is 79.7 Å². The molecule has 0 spiro atoms. The zero-order chi connectivity index (χ0) is 18.2. The van der Waals surface area contributed by atoms with Gasteiger partial charge in [0.2, 0.25) is 0 Å². The molecule has 2 aromatic rings. The van der Waals surface area contributed by atoms with Gasteiger partial charge in [0.1, 0.15) is 0 Å². The van der Waals surface area contributed by atoms with Crippen LogP contribution in [0, 0.1) is 34.6 Å². The first-order valence-electron chi connectivity index (χ1n) is 8.46. The van der Waals surface area contributed by atoms with Gasteiger partial charge in [0, 0.05) is 5.52 Å². The number of hydrogen-bond donors (Lipinski definition) is 0. The number of benzene rings is 2. The summed E-state index contributed by atoms with van der Waals surface area (Å²) in [5.74, 6) is 0. The van der Waals surface area contributed by atoms with Crippen LogP contribution in [0.3, 0.4) is 0 Å². The Labute approximate surface area is 167 Å². The molecule has 0 heterocycles. The predicted octanol–water partition coefficient (Wildman–Crippen LogP) is 2.94. The van der Waals surface area contributed by atoms with Crippen LogP contribution in [0.15, 0.2) is 24.3 Å². The van der Waals surface area contributed by atoms with Crippen LogP contribution in [0.1, 0.15) is 64.5 Å². The number of hydrogen-bond acceptors (Lipinski definition) is 1. The van der Waals surface area contributed by atoms with Gasteiger partial charge in [0.15, 0.2) is 0 Å². The van der Waals surface area contributed by atoms with Crippen molar-refractivity contribution in [2.75, 3.05) is 0 Å². The van der Waals surface area contributed by atoms with Crippen LogP contribution in [0.5, 0.6) is 0 Å². The Balaban J connectivity index is 0.00000312. The third-order valence-corrected chi connectivity index (χ3v) is 5.82. The molecule has 128 valence electrons. The molecule has 0 unspecified atom stereocenters. The molecule has 0 fully saturated rings. The molecule has 25 heavy (non-hydrogen) atoms. The molecular weight excluding hydrogens is 318 g/mol. The second-order valence-electron chi connectivity index (χ2n) is 7.90. The summed E-state index contributed by atoms with van der Waals surface area (Å²) in [6, 6.07) is 8.66. The largest absolute Gasteiger partial charge is 1.00 e. The number of carbonyl (C=O) groups is 1. The monoisotopic (exact) mass is 346 g/mol. The van der Waals surface area contributed by atoms with Crippen LogP contribution in [0.25, 0.3) is 0 Å². The van der Waals surface area contributed by atoms with Crippen molar-refractivity contribution in [2.45, 2.75) is 60.8 Å². The fourth-order valence-electron chi connectivity index (χ4n) is 3.24. The van der Waals surface area contributed by atoms with Gasteiger partial charge >= 0.3 is 18.9 Å². The molecule has 0 bridgehead atoms. The fourth-order valence-corrected chi connectivity index (χ4v) is 4.39. The maximum Gasteiger partial charge on any atom is 1.00 e. The van der Waals surface area contributed by atoms with E-state index in [0.717, 1.165) is 30.6 Å². The van der Waals surface area contributed by atoms with Crippen LogP contribution in [0.2, 0.25) is 0 Å². The second-order valence-corrected chi connectivity index (χ2v) is 8.98. The van der Waals surface area contributed by atoms with Crippen molar-refractivity contribution in [3.05, 3.63) is 63.2 Å². The van der Waals surface area contributed by atoms with E-state index in [1.54, 1.807) is 0 Å². The average molecular weight is 346 g/mol. The molecule has 3 heteroatoms. The molecule has 0 saturated carbocycles. The molecule has 2 aromatic carbocycles. The summed E-state index contributed by atoms with van der Waals surface area (Å²) < 4.78 is 0. The molecule has 0 aromatic heterocycles. The molecular formula is C22H28LiOP. The first kappa shape index (κ1) is 22.2. The molecule has 2 rings (SSSR count). The number of carbonyl (C=O) groups excluding carboxylic acids is 1. The fraction of sp³-hybridized carbons (Fsp3) is 0.409. The van der Waals surface area contributed by atoms with Gasteiger partial charge in [-0.2, -0.15) is 5.30 Å². The van der Waals surface area contributed by atoms with E-state index in [9.17, 15) is 4.79 Å². The second kappa shape index (κ2) is 8.22. The third kappa shape index (κ3) is 5.07. The van der Waals surface area contributed by atoms with Gasteiger partial charge in [0.05, 0.1) is 0 Å². The zero-order valence-electron chi connectivity index (χ0n) is 17.2. The Morgan fingerprint density at radius 3 is 1.64 bits per heavy atom. The first-order valence-corrected chi connectivity index (χ1v) is 9.36. The topological polar surface area (TPSA) is 17.1 Å². The summed E-state index contributed by atoms with van der Waals surface area (Å²) in [6.45, 7) is 17.0. The maximum atomic E-state index is 13.0. The maximum absolute atomic E-state index is 13.0. The summed E-state index contributed by atoms with van der Waals surface area (Å²) in [5, 5.41) is 1.14. The van der Waals surface area contributed by atoms with E-state index in [1.165, 1.54) is 22.3 Å². The van der Waals surface area contributed by atoms with Crippen molar-refractivity contribution in [1.82, 2.24) is 0 Å². The van der Waals surface area contributed by atoms with Crippen molar-refractivity contribution in [1.29, 1.82) is 0 Å². The summed E-state index contributed by atoms with van der Waals surface area (Å²) >= 11 is 0. The van der Waals surface area contributed by atoms with Crippen molar-refractivity contribution < 1.29 is 23.7 Å². The molecule has 0 amide bonds. The van der Waals surface area contributed by atoms with Gasteiger partial charge in [-0.05, 0) is 62.3 Å². The average Bonchev–Trinajstić information content (AvgIpc) is 2.40. The summed E-state index contributed by atoms with van der Waals surface area (Å²) in [6.07, 6.45) is 0. The van der Waals surface area contributed by atoms with Gasteiger partial charge < -0.3 is 13.4 Å². The van der Waals surface area contributed by atoms with E-state index in [4.69, 9.17) is 0 Å². The van der Waals surface area contributed by atoms with E-state index < -0.39 is 0 Å². The number of aryl methyl sites for hydroxylation is 5. The Morgan fingerprint density at radius 2 is 1.24 bits per heavy atom. The molecule has 0 aliphatic carbocycles. The van der Waals surface area contributed by atoms with E-state index in [-0.39, 0.29) is 29.8 Å². The molecule has 0 radical (unpaired) electrons. The van der Waals surface area contributed by atoms with Crippen molar-refractivity contribution in [3.63, 3.8) is 0 Å². The standard InChI is InChI=1S/C22H28OP.Li/c1-13-9-16(4)20(17(5)10-13)24-21(23)19-14(2)11-18(12-15(19)3)22(6,7)8;/h9-12H,1-8H3;/q-1;+1. The molecule has 0 saturated heterocycles. The van der Waals surface area contributed by atoms with Crippen LogP contribution in [-0.4, -0.2) is 5.52 Å². The minimum absolute atomic E-state index is 0. The molecule has 0 N–H and O–H groups in total. The van der Waals surface area contributed by atoms with E-state index >= 15 is 0 Å². The molecule has 0 atom stereocenters. The molecule has 1 nitrogen and oxygen atoms in total. The summed E-state index contributed by atoms with van der Waals surface area (Å²) in [4.78, 5) is 13.0. The Kier molecular flexibility index (Phi) is 7.29. The first-order chi connectivity index (χ1) is 11.0. The van der Waals surface area contributed by atoms with Gasteiger partial charge in [-0.15, -0.1) is 0 Å². The van der Waals surface area contributed by atoms with Gasteiger partial charge in [-0.3, -0.25) is 0 Å². The van der Waals surface area contributed by atoms with E-state index in [1.807, 2.05) is 0 Å². The Hall–Kier alpha value is -0.863. The minimum Gasteiger partial charge on any atom is -0.425 e. The molecule has 0 aliphatic heterocycles. The van der Waals surface area contributed by atoms with Crippen molar-refractivity contribution in [2.24, 2.45) is 0 Å². The zero-order valence-corrected chi connectivity index (χ0v) is 18.1. The predicted molar refractivity (Wildman–Crippen MR) is 106 cm³/mol. The summed E-state index contributed by atoms with van der Waals surface area (Å²) in [5.41, 5.74) is 8.27. The van der Waals surface area contributed by atoms with Crippen LogP contribution in [-0.2, 0) is 5.41 Å². The van der Waals surface area contributed by atoms with E-state index in [0.29, 0.717) is 0 Å². The van der Waals surface area contributed by atoms with Gasteiger partial charge in [0.25, 0.3) is 0 Å².